The van der Waals surface area contributed by atoms with Gasteiger partial charge >= 0.3 is 0 Å². The van der Waals surface area contributed by atoms with Gasteiger partial charge in [0.25, 0.3) is 11.8 Å². The van der Waals surface area contributed by atoms with Crippen molar-refractivity contribution in [2.45, 2.75) is 0 Å². The molecule has 3 aromatic rings. The van der Waals surface area contributed by atoms with Crippen LogP contribution < -0.4 is 5.32 Å². The summed E-state index contributed by atoms with van der Waals surface area (Å²) < 4.78 is 0. The van der Waals surface area contributed by atoms with Gasteiger partial charge in [0, 0.05) is 5.39 Å². The molecule has 0 saturated carbocycles. The first kappa shape index (κ1) is 15.8. The highest BCUT2D eigenvalue weighted by Crippen LogP contribution is 2.32. The third-order valence-corrected chi connectivity index (χ3v) is 4.35. The molecule has 128 valence electrons. The lowest BCUT2D eigenvalue weighted by Crippen LogP contribution is -2.37. The lowest BCUT2D eigenvalue weighted by Gasteiger charge is -2.15. The summed E-state index contributed by atoms with van der Waals surface area (Å²) >= 11 is 0. The van der Waals surface area contributed by atoms with E-state index in [1.165, 1.54) is 6.07 Å². The zero-order valence-corrected chi connectivity index (χ0v) is 13.6. The van der Waals surface area contributed by atoms with Crippen LogP contribution >= 0.6 is 0 Å². The van der Waals surface area contributed by atoms with Crippen molar-refractivity contribution in [3.8, 4) is 5.75 Å². The summed E-state index contributed by atoms with van der Waals surface area (Å²) in [6.07, 6.45) is 0. The molecular weight excluding hydrogens is 332 g/mol. The second kappa shape index (κ2) is 6.00. The monoisotopic (exact) mass is 346 g/mol. The lowest BCUT2D eigenvalue weighted by molar-refractivity contribution is -0.116. The third kappa shape index (κ3) is 2.48. The predicted octanol–water partition coefficient (Wildman–Crippen LogP) is 2.78. The van der Waals surface area contributed by atoms with E-state index in [2.05, 4.69) is 5.32 Å². The first-order chi connectivity index (χ1) is 12.6. The maximum absolute atomic E-state index is 12.4. The molecule has 0 saturated heterocycles. The molecule has 0 bridgehead atoms. The number of phenolic OH excluding ortho intramolecular Hbond substituents is 1. The van der Waals surface area contributed by atoms with E-state index >= 15 is 0 Å². The summed E-state index contributed by atoms with van der Waals surface area (Å²) in [6.45, 7) is -0.422. The molecule has 26 heavy (non-hydrogen) atoms. The molecule has 6 nitrogen and oxygen atoms in total. The van der Waals surface area contributed by atoms with Crippen LogP contribution in [0.1, 0.15) is 20.7 Å². The molecule has 6 heteroatoms. The van der Waals surface area contributed by atoms with Crippen LogP contribution in [0.25, 0.3) is 10.8 Å². The van der Waals surface area contributed by atoms with Crippen LogP contribution in [0.2, 0.25) is 0 Å². The molecule has 1 aliphatic heterocycles. The summed E-state index contributed by atoms with van der Waals surface area (Å²) in [4.78, 5) is 38.0. The van der Waals surface area contributed by atoms with E-state index in [1.807, 2.05) is 12.1 Å². The van der Waals surface area contributed by atoms with E-state index in [-0.39, 0.29) is 11.4 Å². The van der Waals surface area contributed by atoms with Crippen molar-refractivity contribution in [3.63, 3.8) is 0 Å². The van der Waals surface area contributed by atoms with E-state index in [9.17, 15) is 19.5 Å². The Bertz CT molecular complexity index is 1040. The van der Waals surface area contributed by atoms with Crippen molar-refractivity contribution in [2.24, 2.45) is 0 Å². The van der Waals surface area contributed by atoms with Crippen molar-refractivity contribution in [2.75, 3.05) is 11.9 Å². The van der Waals surface area contributed by atoms with Gasteiger partial charge in [-0.2, -0.15) is 0 Å². The Morgan fingerprint density at radius 1 is 0.885 bits per heavy atom. The Morgan fingerprint density at radius 3 is 2.19 bits per heavy atom. The first-order valence-corrected chi connectivity index (χ1v) is 8.02. The standard InChI is InChI=1S/C20H14N2O4/c23-16-10-9-12-5-1-2-6-13(12)18(16)21-17(24)11-22-19(25)14-7-3-4-8-15(14)20(22)26/h1-10,23H,11H2,(H,21,24). The van der Waals surface area contributed by atoms with Crippen LogP contribution in [0.5, 0.6) is 5.75 Å². The van der Waals surface area contributed by atoms with E-state index in [0.717, 1.165) is 10.3 Å². The number of fused-ring (bicyclic) bond motifs is 2. The molecule has 3 aromatic carbocycles. The van der Waals surface area contributed by atoms with Gasteiger partial charge in [-0.3, -0.25) is 19.3 Å². The first-order valence-electron chi connectivity index (χ1n) is 8.02. The number of rotatable bonds is 3. The summed E-state index contributed by atoms with van der Waals surface area (Å²) in [5, 5.41) is 14.2. The number of benzene rings is 3. The van der Waals surface area contributed by atoms with E-state index < -0.39 is 24.3 Å². The summed E-state index contributed by atoms with van der Waals surface area (Å²) in [6, 6.07) is 17.0. The molecule has 2 N–H and O–H groups in total. The number of hydrogen-bond donors (Lipinski definition) is 2. The van der Waals surface area contributed by atoms with Crippen molar-refractivity contribution >= 4 is 34.2 Å². The van der Waals surface area contributed by atoms with Crippen molar-refractivity contribution < 1.29 is 19.5 Å². The van der Waals surface area contributed by atoms with Gasteiger partial charge < -0.3 is 10.4 Å². The van der Waals surface area contributed by atoms with E-state index in [0.29, 0.717) is 16.5 Å². The number of nitrogens with one attached hydrogen (secondary N) is 1. The van der Waals surface area contributed by atoms with E-state index in [4.69, 9.17) is 0 Å². The number of hydrogen-bond acceptors (Lipinski definition) is 4. The molecule has 0 aliphatic carbocycles. The van der Waals surface area contributed by atoms with Gasteiger partial charge in [0.15, 0.2) is 0 Å². The average Bonchev–Trinajstić information content (AvgIpc) is 2.89. The molecule has 0 unspecified atom stereocenters. The molecule has 0 spiro atoms. The molecule has 4 rings (SSSR count). The Kier molecular flexibility index (Phi) is 3.65. The average molecular weight is 346 g/mol. The lowest BCUT2D eigenvalue weighted by atomic mass is 10.1. The Morgan fingerprint density at radius 2 is 1.50 bits per heavy atom. The fraction of sp³-hybridized carbons (Fsp3) is 0.0500. The van der Waals surface area contributed by atoms with Crippen LogP contribution in [0.3, 0.4) is 0 Å². The second-order valence-electron chi connectivity index (χ2n) is 5.97. The normalized spacial score (nSPS) is 13.2. The number of carbonyl (C=O) groups excluding carboxylic acids is 3. The minimum absolute atomic E-state index is 0.0839. The number of carbonyl (C=O) groups is 3. The second-order valence-corrected chi connectivity index (χ2v) is 5.97. The third-order valence-electron chi connectivity index (χ3n) is 4.35. The van der Waals surface area contributed by atoms with Gasteiger partial charge in [0.2, 0.25) is 5.91 Å². The Labute approximate surface area is 148 Å². The SMILES string of the molecule is O=C(CN1C(=O)c2ccccc2C1=O)Nc1c(O)ccc2ccccc12. The Hall–Kier alpha value is -3.67. The number of anilines is 1. The number of nitrogens with zero attached hydrogens (tertiary/aromatic N) is 1. The van der Waals surface area contributed by atoms with Crippen LogP contribution in [-0.2, 0) is 4.79 Å². The van der Waals surface area contributed by atoms with Crippen LogP contribution in [-0.4, -0.2) is 34.3 Å². The molecule has 1 aliphatic rings. The largest absolute Gasteiger partial charge is 0.506 e. The summed E-state index contributed by atoms with van der Waals surface area (Å²) in [5.74, 6) is -1.64. The van der Waals surface area contributed by atoms with Crippen LogP contribution in [0, 0.1) is 0 Å². The molecule has 0 fully saturated rings. The van der Waals surface area contributed by atoms with Gasteiger partial charge in [0.1, 0.15) is 12.3 Å². The molecule has 0 radical (unpaired) electrons. The fourth-order valence-electron chi connectivity index (χ4n) is 3.10. The predicted molar refractivity (Wildman–Crippen MR) is 96.1 cm³/mol. The number of phenols is 1. The van der Waals surface area contributed by atoms with Gasteiger partial charge in [-0.05, 0) is 23.6 Å². The molecule has 1 heterocycles. The number of aromatic hydroxyl groups is 1. The minimum atomic E-state index is -0.564. The summed E-state index contributed by atoms with van der Waals surface area (Å²) in [5.41, 5.74) is 0.835. The quantitative estimate of drug-likeness (QED) is 0.564. The molecular formula is C20H14N2O4. The van der Waals surface area contributed by atoms with Gasteiger partial charge in [0.05, 0.1) is 16.8 Å². The van der Waals surface area contributed by atoms with Crippen molar-refractivity contribution in [3.05, 3.63) is 71.8 Å². The number of amides is 3. The molecule has 0 atom stereocenters. The van der Waals surface area contributed by atoms with Crippen molar-refractivity contribution in [1.29, 1.82) is 0 Å². The zero-order chi connectivity index (χ0) is 18.3. The van der Waals surface area contributed by atoms with Crippen LogP contribution in [0.15, 0.2) is 60.7 Å². The highest BCUT2D eigenvalue weighted by Gasteiger charge is 2.36. The number of imide groups is 1. The van der Waals surface area contributed by atoms with Crippen molar-refractivity contribution in [1.82, 2.24) is 4.90 Å². The van der Waals surface area contributed by atoms with Gasteiger partial charge in [-0.15, -0.1) is 0 Å². The summed E-state index contributed by atoms with van der Waals surface area (Å²) in [7, 11) is 0. The smallest absolute Gasteiger partial charge is 0.262 e. The zero-order valence-electron chi connectivity index (χ0n) is 13.6. The van der Waals surface area contributed by atoms with Gasteiger partial charge in [-0.1, -0.05) is 42.5 Å². The Balaban J connectivity index is 1.59. The topological polar surface area (TPSA) is 86.7 Å². The minimum Gasteiger partial charge on any atom is -0.506 e. The molecule has 0 aromatic heterocycles. The van der Waals surface area contributed by atoms with E-state index in [1.54, 1.807) is 42.5 Å². The maximum Gasteiger partial charge on any atom is 0.262 e. The highest BCUT2D eigenvalue weighted by molar-refractivity contribution is 6.22. The molecule has 3 amide bonds. The van der Waals surface area contributed by atoms with Gasteiger partial charge in [-0.25, -0.2) is 0 Å². The van der Waals surface area contributed by atoms with Crippen LogP contribution in [0.4, 0.5) is 5.69 Å². The highest BCUT2D eigenvalue weighted by atomic mass is 16.3. The maximum atomic E-state index is 12.4. The fourth-order valence-corrected chi connectivity index (χ4v) is 3.10.